The molecule has 2 spiro atoms. The number of anilines is 1. The highest BCUT2D eigenvalue weighted by Crippen LogP contribution is 2.78. The lowest BCUT2D eigenvalue weighted by atomic mass is 9.32. The van der Waals surface area contributed by atoms with E-state index >= 15 is 0 Å². The fourth-order valence-corrected chi connectivity index (χ4v) is 11.8. The van der Waals surface area contributed by atoms with Crippen LogP contribution >= 0.6 is 0 Å². The minimum absolute atomic E-state index is 0.00553. The van der Waals surface area contributed by atoms with E-state index in [-0.39, 0.29) is 41.9 Å². The fraction of sp³-hybridized carbons (Fsp3) is 0.467. The molecule has 3 aromatic carbocycles. The fourth-order valence-electron chi connectivity index (χ4n) is 11.8. The topological polar surface area (TPSA) is 108 Å². The number of nitrogens with one attached hydrogen (secondary N) is 1. The number of aliphatic hydroxyl groups excluding tert-OH is 1. The molecule has 3 aromatic rings. The number of amides is 2. The quantitative estimate of drug-likeness (QED) is 0.148. The third kappa shape index (κ3) is 6.04. The molecule has 0 radical (unpaired) electrons. The Morgan fingerprint density at radius 1 is 0.857 bits per heavy atom. The Balaban J connectivity index is 1.16. The summed E-state index contributed by atoms with van der Waals surface area (Å²) in [5.41, 5.74) is -1.02. The van der Waals surface area contributed by atoms with Crippen molar-refractivity contribution >= 4 is 17.5 Å². The molecule has 8 nitrogen and oxygen atoms in total. The zero-order valence-corrected chi connectivity index (χ0v) is 31.9. The van der Waals surface area contributed by atoms with Crippen molar-refractivity contribution in [3.8, 4) is 11.5 Å². The van der Waals surface area contributed by atoms with E-state index in [1.165, 1.54) is 29.2 Å². The van der Waals surface area contributed by atoms with Crippen LogP contribution in [0.5, 0.6) is 11.5 Å². The molecule has 6 aliphatic carbocycles. The van der Waals surface area contributed by atoms with E-state index in [0.717, 1.165) is 18.4 Å². The average Bonchev–Trinajstić information content (AvgIpc) is 3.44. The first kappa shape index (κ1) is 38.3. The Morgan fingerprint density at radius 2 is 1.50 bits per heavy atom. The second-order valence-corrected chi connectivity index (χ2v) is 17.2. The molecule has 0 aromatic heterocycles. The predicted octanol–water partition coefficient (Wildman–Crippen LogP) is 9.10. The second-order valence-electron chi connectivity index (χ2n) is 17.2. The molecule has 2 amide bonds. The van der Waals surface area contributed by atoms with Gasteiger partial charge in [-0.3, -0.25) is 4.79 Å². The number of allylic oxidation sites excluding steroid dienone is 4. The van der Waals surface area contributed by atoms with E-state index in [9.17, 15) is 33.0 Å². The minimum Gasteiger partial charge on any atom is -0.497 e. The number of ether oxygens (including phenoxy) is 2. The van der Waals surface area contributed by atoms with E-state index in [1.54, 1.807) is 31.4 Å². The number of ketones is 1. The number of urea groups is 1. The van der Waals surface area contributed by atoms with Gasteiger partial charge in [0, 0.05) is 39.6 Å². The number of carbonyl (C=O) groups excluding carboxylic acids is 2. The number of fused-ring (bicyclic) bond motifs is 1. The highest BCUT2D eigenvalue weighted by molar-refractivity contribution is 6.10. The molecular weight excluding hydrogens is 721 g/mol. The van der Waals surface area contributed by atoms with Crippen LogP contribution in [0.2, 0.25) is 0 Å². The van der Waals surface area contributed by atoms with Crippen molar-refractivity contribution < 1.29 is 42.4 Å². The van der Waals surface area contributed by atoms with Crippen LogP contribution in [0.1, 0.15) is 74.7 Å². The third-order valence-electron chi connectivity index (χ3n) is 14.6. The molecule has 0 aliphatic heterocycles. The molecule has 296 valence electrons. The molecular formula is C45H49F3N2O6. The molecule has 11 heteroatoms. The molecule has 2 bridgehead atoms. The van der Waals surface area contributed by atoms with Crippen molar-refractivity contribution in [2.45, 2.75) is 83.4 Å². The number of Topliss-reactive ketones (excluding diaryl/α,β-unsaturated/α-hetero) is 1. The minimum atomic E-state index is -4.84. The SMILES string of the molecule is COc1ccc(NC(=O)N(Cc2ccc(OC(F)(F)F)cc2)CC2(O)CCC3C45C=CC6(C=C4C(=O)c4ccccc4)CC(O)CCC6(C)C5CCC32C)cc1. The molecule has 8 atom stereocenters. The van der Waals surface area contributed by atoms with Gasteiger partial charge in [0.25, 0.3) is 0 Å². The first-order valence-electron chi connectivity index (χ1n) is 19.5. The largest absolute Gasteiger partial charge is 0.573 e. The Bertz CT molecular complexity index is 2050. The van der Waals surface area contributed by atoms with Crippen molar-refractivity contribution in [3.63, 3.8) is 0 Å². The number of rotatable bonds is 9. The van der Waals surface area contributed by atoms with Gasteiger partial charge in [-0.15, -0.1) is 13.2 Å². The molecule has 6 aliphatic rings. The number of aliphatic hydroxyl groups is 2. The van der Waals surface area contributed by atoms with Crippen molar-refractivity contribution in [2.75, 3.05) is 19.0 Å². The Morgan fingerprint density at radius 3 is 2.18 bits per heavy atom. The van der Waals surface area contributed by atoms with Gasteiger partial charge in [0.2, 0.25) is 0 Å². The second kappa shape index (κ2) is 13.5. The van der Waals surface area contributed by atoms with E-state index in [4.69, 9.17) is 4.74 Å². The standard InChI is InChI=1S/C45H49F3N2O6/c1-40-20-17-32(51)25-42(40)23-24-44(35(26-42)38(52)30-7-5-4-6-8-30)36(40)18-21-41(2)37(44)19-22-43(41,54)28-50(39(53)49-31-11-15-33(55-3)16-12-31)27-29-9-13-34(14-10-29)56-45(46,47)48/h4-16,23-24,26,32,36-37,51,54H,17-22,25,27-28H2,1-3H3,(H,49,53). The highest BCUT2D eigenvalue weighted by atomic mass is 19.4. The first-order chi connectivity index (χ1) is 26.5. The first-order valence-corrected chi connectivity index (χ1v) is 19.5. The molecule has 3 N–H and O–H groups in total. The summed E-state index contributed by atoms with van der Waals surface area (Å²) in [6, 6.07) is 21.1. The van der Waals surface area contributed by atoms with Gasteiger partial charge in [-0.2, -0.15) is 0 Å². The number of carbonyl (C=O) groups is 2. The summed E-state index contributed by atoms with van der Waals surface area (Å²) in [6.45, 7) is 4.40. The summed E-state index contributed by atoms with van der Waals surface area (Å²) in [4.78, 5) is 30.5. The van der Waals surface area contributed by atoms with Crippen LogP contribution in [0.15, 0.2) is 103 Å². The van der Waals surface area contributed by atoms with Crippen LogP contribution in [0.3, 0.4) is 0 Å². The van der Waals surface area contributed by atoms with Crippen LogP contribution in [0, 0.1) is 33.5 Å². The van der Waals surface area contributed by atoms with Gasteiger partial charge in [-0.25, -0.2) is 4.79 Å². The lowest BCUT2D eigenvalue weighted by molar-refractivity contribution is -0.274. The maximum atomic E-state index is 14.8. The number of alkyl halides is 3. The number of nitrogens with zero attached hydrogens (tertiary/aromatic N) is 1. The van der Waals surface area contributed by atoms with Crippen molar-refractivity contribution in [1.82, 2.24) is 4.90 Å². The maximum Gasteiger partial charge on any atom is 0.573 e. The monoisotopic (exact) mass is 770 g/mol. The Hall–Kier alpha value is -4.61. The van der Waals surface area contributed by atoms with Gasteiger partial charge < -0.3 is 29.9 Å². The van der Waals surface area contributed by atoms with Crippen LogP contribution in [-0.4, -0.2) is 58.6 Å². The molecule has 3 fully saturated rings. The number of methoxy groups -OCH3 is 1. The van der Waals surface area contributed by atoms with E-state index in [1.807, 2.05) is 30.3 Å². The molecule has 0 saturated heterocycles. The Kier molecular flexibility index (Phi) is 9.23. The summed E-state index contributed by atoms with van der Waals surface area (Å²) in [5, 5.41) is 27.0. The zero-order valence-electron chi connectivity index (χ0n) is 31.9. The van der Waals surface area contributed by atoms with Gasteiger partial charge >= 0.3 is 12.4 Å². The zero-order chi connectivity index (χ0) is 39.7. The number of benzene rings is 3. The van der Waals surface area contributed by atoms with Crippen molar-refractivity contribution in [3.05, 3.63) is 114 Å². The van der Waals surface area contributed by atoms with Crippen molar-refractivity contribution in [2.24, 2.45) is 33.5 Å². The van der Waals surface area contributed by atoms with Crippen LogP contribution in [-0.2, 0) is 6.54 Å². The van der Waals surface area contributed by atoms with Gasteiger partial charge in [-0.1, -0.05) is 74.5 Å². The number of halogens is 3. The highest BCUT2D eigenvalue weighted by Gasteiger charge is 2.74. The van der Waals surface area contributed by atoms with E-state index in [2.05, 4.69) is 42.1 Å². The van der Waals surface area contributed by atoms with Gasteiger partial charge in [0.1, 0.15) is 11.5 Å². The lowest BCUT2D eigenvalue weighted by Crippen LogP contribution is -2.67. The maximum absolute atomic E-state index is 14.8. The van der Waals surface area contributed by atoms with Gasteiger partial charge in [0.05, 0.1) is 25.4 Å². The van der Waals surface area contributed by atoms with E-state index < -0.39 is 40.3 Å². The summed E-state index contributed by atoms with van der Waals surface area (Å²) in [6.07, 6.45) is 5.93. The van der Waals surface area contributed by atoms with Crippen LogP contribution < -0.4 is 14.8 Å². The Labute approximate surface area is 325 Å². The summed E-state index contributed by atoms with van der Waals surface area (Å²) in [5.74, 6) is 0.182. The molecule has 3 saturated carbocycles. The molecule has 8 unspecified atom stereocenters. The number of hydrogen-bond acceptors (Lipinski definition) is 6. The summed E-state index contributed by atoms with van der Waals surface area (Å²) in [7, 11) is 1.55. The normalized spacial score (nSPS) is 34.1. The van der Waals surface area contributed by atoms with E-state index in [0.29, 0.717) is 54.7 Å². The average molecular weight is 771 g/mol. The van der Waals surface area contributed by atoms with Gasteiger partial charge in [-0.05, 0) is 104 Å². The lowest BCUT2D eigenvalue weighted by Gasteiger charge is -2.71. The smallest absolute Gasteiger partial charge is 0.497 e. The van der Waals surface area contributed by atoms with Gasteiger partial charge in [0.15, 0.2) is 5.78 Å². The summed E-state index contributed by atoms with van der Waals surface area (Å²) >= 11 is 0. The summed E-state index contributed by atoms with van der Waals surface area (Å²) < 4.78 is 48.1. The molecule has 9 rings (SSSR count). The molecule has 0 heterocycles. The van der Waals surface area contributed by atoms with Crippen LogP contribution in [0.4, 0.5) is 23.7 Å². The number of hydrogen-bond donors (Lipinski definition) is 3. The third-order valence-corrected chi connectivity index (χ3v) is 14.6. The van der Waals surface area contributed by atoms with Crippen LogP contribution in [0.25, 0.3) is 0 Å². The molecule has 56 heavy (non-hydrogen) atoms. The van der Waals surface area contributed by atoms with Crippen molar-refractivity contribution in [1.29, 1.82) is 0 Å². The predicted molar refractivity (Wildman–Crippen MR) is 205 cm³/mol.